The first-order valence-corrected chi connectivity index (χ1v) is 12.3. The van der Waals surface area contributed by atoms with Crippen molar-refractivity contribution in [3.63, 3.8) is 0 Å². The van der Waals surface area contributed by atoms with Crippen molar-refractivity contribution < 1.29 is 9.53 Å². The van der Waals surface area contributed by atoms with E-state index in [4.69, 9.17) is 4.74 Å². The Labute approximate surface area is 183 Å². The zero-order valence-corrected chi connectivity index (χ0v) is 19.0. The molecule has 2 saturated carbocycles. The van der Waals surface area contributed by atoms with Crippen LogP contribution in [0, 0.1) is 5.92 Å². The van der Waals surface area contributed by atoms with Gasteiger partial charge in [0.25, 0.3) is 0 Å². The van der Waals surface area contributed by atoms with Crippen molar-refractivity contribution in [2.75, 3.05) is 59.5 Å². The van der Waals surface area contributed by atoms with Gasteiger partial charge in [0.05, 0.1) is 6.10 Å². The van der Waals surface area contributed by atoms with Gasteiger partial charge in [-0.05, 0) is 32.1 Å². The highest BCUT2D eigenvalue weighted by molar-refractivity contribution is 5.79. The van der Waals surface area contributed by atoms with E-state index in [0.29, 0.717) is 17.9 Å². The maximum atomic E-state index is 12.5. The van der Waals surface area contributed by atoms with Crippen LogP contribution >= 0.6 is 0 Å². The molecule has 172 valence electrons. The molecule has 0 unspecified atom stereocenters. The van der Waals surface area contributed by atoms with Gasteiger partial charge in [0.1, 0.15) is 0 Å². The fourth-order valence-electron chi connectivity index (χ4n) is 4.94. The van der Waals surface area contributed by atoms with Crippen LogP contribution in [-0.4, -0.2) is 87.2 Å². The van der Waals surface area contributed by atoms with E-state index in [1.807, 2.05) is 7.05 Å². The summed E-state index contributed by atoms with van der Waals surface area (Å²) in [6, 6.07) is 0. The minimum atomic E-state index is 0.306. The molecule has 2 N–H and O–H groups in total. The lowest BCUT2D eigenvalue weighted by atomic mass is 9.98. The first-order chi connectivity index (χ1) is 14.8. The van der Waals surface area contributed by atoms with Gasteiger partial charge < -0.3 is 20.3 Å². The summed E-state index contributed by atoms with van der Waals surface area (Å²) in [4.78, 5) is 21.4. The SMILES string of the molecule is CN=C(NCCCOC1CCCCC1)NCCN1CCN(C(=O)C2CCCC2)CC1. The Balaban J connectivity index is 1.20. The average molecular weight is 422 g/mol. The molecule has 0 aromatic heterocycles. The van der Waals surface area contributed by atoms with Crippen LogP contribution in [0.5, 0.6) is 0 Å². The summed E-state index contributed by atoms with van der Waals surface area (Å²) < 4.78 is 5.98. The number of aliphatic imine (C=N–C) groups is 1. The van der Waals surface area contributed by atoms with Gasteiger partial charge in [-0.2, -0.15) is 0 Å². The molecule has 3 rings (SSSR count). The lowest BCUT2D eigenvalue weighted by molar-refractivity contribution is -0.137. The van der Waals surface area contributed by atoms with Crippen LogP contribution in [0.2, 0.25) is 0 Å². The smallest absolute Gasteiger partial charge is 0.225 e. The summed E-state index contributed by atoms with van der Waals surface area (Å²) in [7, 11) is 1.82. The second kappa shape index (κ2) is 13.2. The van der Waals surface area contributed by atoms with Crippen LogP contribution in [0.15, 0.2) is 4.99 Å². The predicted molar refractivity (Wildman–Crippen MR) is 122 cm³/mol. The summed E-state index contributed by atoms with van der Waals surface area (Å²) in [6.45, 7) is 7.28. The van der Waals surface area contributed by atoms with E-state index in [9.17, 15) is 4.79 Å². The number of amides is 1. The monoisotopic (exact) mass is 421 g/mol. The number of hydrogen-bond acceptors (Lipinski definition) is 4. The van der Waals surface area contributed by atoms with Gasteiger partial charge in [-0.25, -0.2) is 0 Å². The van der Waals surface area contributed by atoms with Crippen molar-refractivity contribution in [3.05, 3.63) is 0 Å². The fraction of sp³-hybridized carbons (Fsp3) is 0.913. The Morgan fingerprint density at radius 3 is 2.30 bits per heavy atom. The summed E-state index contributed by atoms with van der Waals surface area (Å²) in [5.74, 6) is 1.57. The fourth-order valence-corrected chi connectivity index (χ4v) is 4.94. The number of carbonyl (C=O) groups excluding carboxylic acids is 1. The highest BCUT2D eigenvalue weighted by Gasteiger charge is 2.29. The molecule has 0 aromatic carbocycles. The Morgan fingerprint density at radius 1 is 0.933 bits per heavy atom. The maximum Gasteiger partial charge on any atom is 0.225 e. The normalized spacial score (nSPS) is 22.4. The molecular weight excluding hydrogens is 378 g/mol. The molecule has 1 saturated heterocycles. The van der Waals surface area contributed by atoms with Gasteiger partial charge in [-0.15, -0.1) is 0 Å². The lowest BCUT2D eigenvalue weighted by Crippen LogP contribution is -2.51. The topological polar surface area (TPSA) is 69.2 Å². The van der Waals surface area contributed by atoms with Crippen LogP contribution in [0.1, 0.15) is 64.2 Å². The Hall–Kier alpha value is -1.34. The van der Waals surface area contributed by atoms with E-state index in [-0.39, 0.29) is 0 Å². The average Bonchev–Trinajstić information content (AvgIpc) is 3.33. The molecular formula is C23H43N5O2. The lowest BCUT2D eigenvalue weighted by Gasteiger charge is -2.36. The van der Waals surface area contributed by atoms with E-state index in [2.05, 4.69) is 25.4 Å². The van der Waals surface area contributed by atoms with Crippen molar-refractivity contribution >= 4 is 11.9 Å². The second-order valence-corrected chi connectivity index (χ2v) is 9.06. The molecule has 2 aliphatic carbocycles. The largest absolute Gasteiger partial charge is 0.378 e. The van der Waals surface area contributed by atoms with E-state index < -0.39 is 0 Å². The molecule has 3 fully saturated rings. The number of hydrogen-bond donors (Lipinski definition) is 2. The molecule has 7 nitrogen and oxygen atoms in total. The van der Waals surface area contributed by atoms with E-state index in [0.717, 1.165) is 77.6 Å². The zero-order chi connectivity index (χ0) is 21.0. The zero-order valence-electron chi connectivity index (χ0n) is 19.0. The molecule has 1 heterocycles. The molecule has 0 radical (unpaired) electrons. The maximum absolute atomic E-state index is 12.5. The number of ether oxygens (including phenoxy) is 1. The molecule has 1 aliphatic heterocycles. The number of nitrogens with zero attached hydrogens (tertiary/aromatic N) is 3. The number of guanidine groups is 1. The third-order valence-electron chi connectivity index (χ3n) is 6.85. The molecule has 0 atom stereocenters. The summed E-state index contributed by atoms with van der Waals surface area (Å²) >= 11 is 0. The van der Waals surface area contributed by atoms with Crippen LogP contribution in [-0.2, 0) is 9.53 Å². The number of nitrogens with one attached hydrogen (secondary N) is 2. The molecule has 0 aromatic rings. The van der Waals surface area contributed by atoms with Crippen molar-refractivity contribution in [1.82, 2.24) is 20.4 Å². The van der Waals surface area contributed by atoms with E-state index in [1.165, 1.54) is 44.9 Å². The molecule has 3 aliphatic rings. The summed E-state index contributed by atoms with van der Waals surface area (Å²) in [5.41, 5.74) is 0. The third kappa shape index (κ3) is 7.73. The van der Waals surface area contributed by atoms with Gasteiger partial charge in [-0.1, -0.05) is 32.1 Å². The summed E-state index contributed by atoms with van der Waals surface area (Å²) in [6.07, 6.45) is 12.6. The highest BCUT2D eigenvalue weighted by atomic mass is 16.5. The van der Waals surface area contributed by atoms with Crippen molar-refractivity contribution in [1.29, 1.82) is 0 Å². The molecule has 1 amide bonds. The minimum absolute atomic E-state index is 0.306. The van der Waals surface area contributed by atoms with Crippen LogP contribution in [0.25, 0.3) is 0 Å². The predicted octanol–water partition coefficient (Wildman–Crippen LogP) is 2.23. The number of piperazine rings is 1. The Bertz CT molecular complexity index is 522. The minimum Gasteiger partial charge on any atom is -0.378 e. The standard InChI is InChI=1S/C23H43N5O2/c1-24-23(25-12-7-19-30-21-10-3-2-4-11-21)26-13-14-27-15-17-28(18-16-27)22(29)20-8-5-6-9-20/h20-21H,2-19H2,1H3,(H2,24,25,26). The molecule has 30 heavy (non-hydrogen) atoms. The molecule has 7 heteroatoms. The van der Waals surface area contributed by atoms with Crippen LogP contribution < -0.4 is 10.6 Å². The first kappa shape index (κ1) is 23.3. The van der Waals surface area contributed by atoms with Gasteiger partial charge >= 0.3 is 0 Å². The van der Waals surface area contributed by atoms with Crippen molar-refractivity contribution in [2.45, 2.75) is 70.3 Å². The van der Waals surface area contributed by atoms with Crippen molar-refractivity contribution in [3.8, 4) is 0 Å². The third-order valence-corrected chi connectivity index (χ3v) is 6.85. The van der Waals surface area contributed by atoms with Crippen LogP contribution in [0.3, 0.4) is 0 Å². The van der Waals surface area contributed by atoms with Gasteiger partial charge in [0.2, 0.25) is 5.91 Å². The van der Waals surface area contributed by atoms with Crippen LogP contribution in [0.4, 0.5) is 0 Å². The van der Waals surface area contributed by atoms with Gasteiger partial charge in [0.15, 0.2) is 5.96 Å². The Kier molecular flexibility index (Phi) is 10.2. The quantitative estimate of drug-likeness (QED) is 0.339. The van der Waals surface area contributed by atoms with Crippen molar-refractivity contribution in [2.24, 2.45) is 10.9 Å². The summed E-state index contributed by atoms with van der Waals surface area (Å²) in [5, 5.41) is 6.80. The first-order valence-electron chi connectivity index (χ1n) is 12.3. The van der Waals surface area contributed by atoms with Gasteiger partial charge in [-0.3, -0.25) is 14.7 Å². The van der Waals surface area contributed by atoms with E-state index in [1.54, 1.807) is 0 Å². The molecule has 0 bridgehead atoms. The second-order valence-electron chi connectivity index (χ2n) is 9.06. The van der Waals surface area contributed by atoms with E-state index >= 15 is 0 Å². The molecule has 0 spiro atoms. The highest BCUT2D eigenvalue weighted by Crippen LogP contribution is 2.26. The number of carbonyl (C=O) groups is 1. The Morgan fingerprint density at radius 2 is 1.60 bits per heavy atom. The van der Waals surface area contributed by atoms with Gasteiger partial charge in [0, 0.05) is 65.4 Å². The number of rotatable bonds is 9.